The van der Waals surface area contributed by atoms with E-state index in [1.165, 1.54) is 6.92 Å². The van der Waals surface area contributed by atoms with Crippen LogP contribution in [0.15, 0.2) is 24.3 Å². The van der Waals surface area contributed by atoms with E-state index in [4.69, 9.17) is 14.2 Å². The summed E-state index contributed by atoms with van der Waals surface area (Å²) >= 11 is 0. The molecule has 0 saturated carbocycles. The first-order chi connectivity index (χ1) is 14.0. The zero-order valence-corrected chi connectivity index (χ0v) is 21.2. The minimum atomic E-state index is -0.0499. The minimum absolute atomic E-state index is 0. The maximum absolute atomic E-state index is 11.6. The van der Waals surface area contributed by atoms with E-state index in [1.807, 2.05) is 38.1 Å². The first kappa shape index (κ1) is 31.2. The molecule has 1 N–H and O–H groups in total. The third kappa shape index (κ3) is 19.0. The number of rotatable bonds is 15. The van der Waals surface area contributed by atoms with Crippen molar-refractivity contribution in [3.8, 4) is 0 Å². The zero-order valence-electron chi connectivity index (χ0n) is 18.4. The van der Waals surface area contributed by atoms with Crippen molar-refractivity contribution >= 4 is 18.0 Å². The molecule has 1 aromatic carbocycles. The maximum atomic E-state index is 11.6. The van der Waals surface area contributed by atoms with Gasteiger partial charge in [0.05, 0.1) is 26.4 Å². The summed E-state index contributed by atoms with van der Waals surface area (Å²) in [6.07, 6.45) is 3.54. The van der Waals surface area contributed by atoms with Crippen LogP contribution in [0.5, 0.6) is 0 Å². The van der Waals surface area contributed by atoms with Crippen molar-refractivity contribution in [2.45, 2.75) is 46.6 Å². The molecule has 0 atom stereocenters. The van der Waals surface area contributed by atoms with Crippen molar-refractivity contribution in [3.63, 3.8) is 0 Å². The topological polar surface area (TPSA) is 90.9 Å². The van der Waals surface area contributed by atoms with Gasteiger partial charge in [0.2, 0.25) is 5.91 Å². The number of hydrogen-bond acceptors (Lipinski definition) is 6. The van der Waals surface area contributed by atoms with Crippen LogP contribution in [0.3, 0.4) is 0 Å². The molecule has 0 aliphatic carbocycles. The van der Waals surface area contributed by atoms with E-state index in [0.29, 0.717) is 52.4 Å². The number of benzene rings is 1. The second-order valence-corrected chi connectivity index (χ2v) is 6.10. The Morgan fingerprint density at radius 1 is 0.933 bits per heavy atom. The van der Waals surface area contributed by atoms with Gasteiger partial charge in [0, 0.05) is 71.4 Å². The van der Waals surface area contributed by atoms with Crippen LogP contribution in [0.2, 0.25) is 0 Å². The monoisotopic (exact) mass is 497 g/mol. The molecule has 167 valence electrons. The van der Waals surface area contributed by atoms with Crippen molar-refractivity contribution in [1.29, 1.82) is 0 Å². The average Bonchev–Trinajstić information content (AvgIpc) is 2.72. The molecule has 7 nitrogen and oxygen atoms in total. The molecule has 30 heavy (non-hydrogen) atoms. The van der Waals surface area contributed by atoms with Crippen molar-refractivity contribution in [2.24, 2.45) is 0 Å². The summed E-state index contributed by atoms with van der Waals surface area (Å²) in [7, 11) is 0. The Balaban J connectivity index is 0. The Morgan fingerprint density at radius 2 is 1.50 bits per heavy atom. The van der Waals surface area contributed by atoms with E-state index in [0.717, 1.165) is 24.2 Å². The first-order valence-corrected chi connectivity index (χ1v) is 9.99. The van der Waals surface area contributed by atoms with E-state index >= 15 is 0 Å². The van der Waals surface area contributed by atoms with Crippen LogP contribution in [-0.2, 0) is 63.1 Å². The SMILES string of the molecule is CCCC(=O)c1ccc(CNC(C)=O)cc1.CCOCCOCCOCC[C-]=O.[Y]. The van der Waals surface area contributed by atoms with E-state index in [1.54, 1.807) is 6.29 Å². The number of nitrogens with one attached hydrogen (secondary N) is 1. The normalized spacial score (nSPS) is 9.70. The molecule has 0 fully saturated rings. The molecule has 0 unspecified atom stereocenters. The number of ether oxygens (including phenoxy) is 3. The number of carbonyl (C=O) groups is 2. The second-order valence-electron chi connectivity index (χ2n) is 6.10. The smallest absolute Gasteiger partial charge is 0.217 e. The predicted molar refractivity (Wildman–Crippen MR) is 112 cm³/mol. The van der Waals surface area contributed by atoms with Crippen molar-refractivity contribution in [1.82, 2.24) is 5.32 Å². The number of amides is 1. The first-order valence-electron chi connectivity index (χ1n) is 9.99. The van der Waals surface area contributed by atoms with Gasteiger partial charge < -0.3 is 24.3 Å². The van der Waals surface area contributed by atoms with Gasteiger partial charge in [0.25, 0.3) is 0 Å². The molecule has 0 aliphatic rings. The summed E-state index contributed by atoms with van der Waals surface area (Å²) in [5, 5.41) is 2.71. The van der Waals surface area contributed by atoms with Gasteiger partial charge in [-0.1, -0.05) is 31.2 Å². The van der Waals surface area contributed by atoms with Gasteiger partial charge in [-0.15, -0.1) is 6.42 Å². The van der Waals surface area contributed by atoms with Gasteiger partial charge in [0.1, 0.15) is 0 Å². The fourth-order valence-corrected chi connectivity index (χ4v) is 2.10. The minimum Gasteiger partial charge on any atom is -0.542 e. The Bertz CT molecular complexity index is 565. The van der Waals surface area contributed by atoms with Gasteiger partial charge in [-0.25, -0.2) is 0 Å². The van der Waals surface area contributed by atoms with E-state index < -0.39 is 0 Å². The van der Waals surface area contributed by atoms with Crippen molar-refractivity contribution in [3.05, 3.63) is 35.4 Å². The molecule has 0 heterocycles. The van der Waals surface area contributed by atoms with E-state index in [-0.39, 0.29) is 44.4 Å². The molecule has 0 spiro atoms. The summed E-state index contributed by atoms with van der Waals surface area (Å²) < 4.78 is 15.3. The molecule has 1 rings (SSSR count). The van der Waals surface area contributed by atoms with Crippen LogP contribution in [0.4, 0.5) is 0 Å². The molecular weight excluding hydrogens is 463 g/mol. The fourth-order valence-electron chi connectivity index (χ4n) is 2.10. The van der Waals surface area contributed by atoms with Gasteiger partial charge in [-0.3, -0.25) is 15.9 Å². The van der Waals surface area contributed by atoms with E-state index in [2.05, 4.69) is 5.32 Å². The van der Waals surface area contributed by atoms with Crippen LogP contribution >= 0.6 is 0 Å². The standard InChI is InChI=1S/C13H17NO2.C9H17O4.Y/c1-3-4-13(16)12-7-5-11(6-8-12)9-14-10(2)15;1-2-11-6-7-13-9-8-12-5-3-4-10;/h5-8H,3-4,9H2,1-2H3,(H,14,15);2-3,5-9H2,1H3;/q;-1;. The molecule has 1 radical (unpaired) electrons. The number of ketones is 1. The predicted octanol–water partition coefficient (Wildman–Crippen LogP) is 2.86. The largest absolute Gasteiger partial charge is 0.542 e. The molecular formula is C22H34NO6Y-. The number of hydrogen-bond donors (Lipinski definition) is 1. The quantitative estimate of drug-likeness (QED) is 0.228. The Morgan fingerprint density at radius 3 is 2.00 bits per heavy atom. The molecule has 0 saturated heterocycles. The summed E-state index contributed by atoms with van der Waals surface area (Å²) in [5.41, 5.74) is 1.75. The van der Waals surface area contributed by atoms with Crippen LogP contribution in [0.1, 0.15) is 56.0 Å². The molecule has 0 bridgehead atoms. The summed E-state index contributed by atoms with van der Waals surface area (Å²) in [5.74, 6) is 0.125. The maximum Gasteiger partial charge on any atom is 0.217 e. The molecule has 1 amide bonds. The van der Waals surface area contributed by atoms with Crippen LogP contribution in [0, 0.1) is 0 Å². The Labute approximate surface area is 205 Å². The van der Waals surface area contributed by atoms with Gasteiger partial charge in [-0.2, -0.15) is 0 Å². The molecule has 1 aromatic rings. The third-order valence-corrected chi connectivity index (χ3v) is 3.59. The fraction of sp³-hybridized carbons (Fsp3) is 0.591. The summed E-state index contributed by atoms with van der Waals surface area (Å²) in [4.78, 5) is 32.0. The number of Topliss-reactive ketones (excluding diaryl/α,β-unsaturated/α-hetero) is 1. The molecule has 8 heteroatoms. The zero-order chi connectivity index (χ0) is 21.7. The average molecular weight is 497 g/mol. The van der Waals surface area contributed by atoms with Crippen molar-refractivity contribution in [2.75, 3.05) is 39.6 Å². The summed E-state index contributed by atoms with van der Waals surface area (Å²) in [6.45, 7) is 9.36. The number of carbonyl (C=O) groups excluding carboxylic acids is 3. The third-order valence-electron chi connectivity index (χ3n) is 3.59. The molecule has 0 aromatic heterocycles. The van der Waals surface area contributed by atoms with Gasteiger partial charge in [-0.05, 0) is 18.9 Å². The Kier molecular flexibility index (Phi) is 23.6. The summed E-state index contributed by atoms with van der Waals surface area (Å²) in [6, 6.07) is 7.38. The van der Waals surface area contributed by atoms with Gasteiger partial charge >= 0.3 is 0 Å². The van der Waals surface area contributed by atoms with Crippen LogP contribution < -0.4 is 5.32 Å². The second kappa shape index (κ2) is 22.7. The van der Waals surface area contributed by atoms with Gasteiger partial charge in [0.15, 0.2) is 5.78 Å². The van der Waals surface area contributed by atoms with Crippen molar-refractivity contribution < 1.29 is 61.3 Å². The van der Waals surface area contributed by atoms with E-state index in [9.17, 15) is 14.4 Å². The molecule has 0 aliphatic heterocycles. The van der Waals surface area contributed by atoms with Crippen LogP contribution in [-0.4, -0.2) is 57.6 Å². The van der Waals surface area contributed by atoms with Crippen LogP contribution in [0.25, 0.3) is 0 Å². The Hall–Kier alpha value is -0.986.